The highest BCUT2D eigenvalue weighted by molar-refractivity contribution is 5.85. The molecule has 0 saturated carbocycles. The molecule has 7 nitrogen and oxygen atoms in total. The van der Waals surface area contributed by atoms with Crippen molar-refractivity contribution < 1.29 is 18.7 Å². The molecule has 0 atom stereocenters. The summed E-state index contributed by atoms with van der Waals surface area (Å²) in [4.78, 5) is 23.8. The molecule has 1 aromatic rings. The van der Waals surface area contributed by atoms with Gasteiger partial charge in [0.25, 0.3) is 0 Å². The second-order valence-electron chi connectivity index (χ2n) is 6.62. The highest BCUT2D eigenvalue weighted by Crippen LogP contribution is 2.28. The summed E-state index contributed by atoms with van der Waals surface area (Å²) in [5, 5.41) is 11.3. The Morgan fingerprint density at radius 2 is 1.81 bits per heavy atom. The molecule has 0 aliphatic carbocycles. The average molecular weight is 403 g/mol. The number of nitrogens with one attached hydrogen (secondary N) is 4. The lowest BCUT2D eigenvalue weighted by Gasteiger charge is -2.37. The van der Waals surface area contributed by atoms with Crippen molar-refractivity contribution in [2.75, 3.05) is 39.9 Å². The van der Waals surface area contributed by atoms with Gasteiger partial charge in [-0.3, -0.25) is 4.79 Å². The Bertz CT molecular complexity index is 589. The lowest BCUT2D eigenvalue weighted by molar-refractivity contribution is -0.121. The molecular weight excluding hydrogens is 375 g/mol. The van der Waals surface area contributed by atoms with Gasteiger partial charge in [0.2, 0.25) is 5.91 Å². The van der Waals surface area contributed by atoms with Gasteiger partial charge in [0, 0.05) is 25.6 Å². The molecule has 27 heavy (non-hydrogen) atoms. The lowest BCUT2D eigenvalue weighted by Crippen LogP contribution is -2.49. The van der Waals surface area contributed by atoms with Gasteiger partial charge in [-0.1, -0.05) is 12.1 Å². The first-order valence-corrected chi connectivity index (χ1v) is 8.75. The summed E-state index contributed by atoms with van der Waals surface area (Å²) in [6, 6.07) is 5.41. The Hall–Kier alpha value is -1.90. The third kappa shape index (κ3) is 8.11. The maximum atomic E-state index is 12.8. The largest absolute Gasteiger partial charge is 0.384 e. The molecule has 0 radical (unpaired) electrons. The normalized spacial score (nSPS) is 15.3. The fourth-order valence-corrected chi connectivity index (χ4v) is 2.99. The highest BCUT2D eigenvalue weighted by Gasteiger charge is 2.32. The van der Waals surface area contributed by atoms with Crippen molar-refractivity contribution in [2.45, 2.75) is 19.4 Å². The third-order valence-corrected chi connectivity index (χ3v) is 4.55. The van der Waals surface area contributed by atoms with Gasteiger partial charge in [0.05, 0.1) is 13.2 Å². The zero-order valence-corrected chi connectivity index (χ0v) is 16.3. The molecule has 1 saturated heterocycles. The number of piperidine rings is 1. The molecule has 0 unspecified atom stereocenters. The Balaban J connectivity index is 0.00000364. The minimum Gasteiger partial charge on any atom is -0.384 e. The van der Waals surface area contributed by atoms with E-state index in [9.17, 15) is 14.0 Å². The molecule has 1 aliphatic heterocycles. The predicted molar refractivity (Wildman–Crippen MR) is 103 cm³/mol. The molecule has 1 aliphatic rings. The minimum atomic E-state index is -0.446. The quantitative estimate of drug-likeness (QED) is 0.525. The van der Waals surface area contributed by atoms with Crippen LogP contribution in [0.2, 0.25) is 0 Å². The van der Waals surface area contributed by atoms with E-state index in [-0.39, 0.29) is 42.6 Å². The number of ether oxygens (including phenoxy) is 1. The van der Waals surface area contributed by atoms with Crippen LogP contribution < -0.4 is 21.3 Å². The molecule has 0 spiro atoms. The van der Waals surface area contributed by atoms with Crippen molar-refractivity contribution in [3.63, 3.8) is 0 Å². The van der Waals surface area contributed by atoms with Gasteiger partial charge in [-0.05, 0) is 43.6 Å². The van der Waals surface area contributed by atoms with Crippen LogP contribution >= 0.6 is 12.4 Å². The van der Waals surface area contributed by atoms with Gasteiger partial charge in [-0.25, -0.2) is 9.18 Å². The summed E-state index contributed by atoms with van der Waals surface area (Å²) in [6.45, 7) is 3.10. The van der Waals surface area contributed by atoms with Gasteiger partial charge in [0.1, 0.15) is 5.82 Å². The molecule has 1 fully saturated rings. The number of halogens is 2. The van der Waals surface area contributed by atoms with Crippen LogP contribution in [0.15, 0.2) is 24.3 Å². The van der Waals surface area contributed by atoms with E-state index in [0.29, 0.717) is 13.2 Å². The molecule has 152 valence electrons. The lowest BCUT2D eigenvalue weighted by atomic mass is 9.79. The Labute approximate surface area is 165 Å². The van der Waals surface area contributed by atoms with E-state index in [0.717, 1.165) is 31.5 Å². The van der Waals surface area contributed by atoms with E-state index >= 15 is 0 Å². The van der Waals surface area contributed by atoms with Crippen LogP contribution in [0.3, 0.4) is 0 Å². The first kappa shape index (κ1) is 23.1. The van der Waals surface area contributed by atoms with E-state index in [2.05, 4.69) is 21.3 Å². The van der Waals surface area contributed by atoms with E-state index in [4.69, 9.17) is 4.74 Å². The van der Waals surface area contributed by atoms with Crippen molar-refractivity contribution >= 4 is 24.3 Å². The summed E-state index contributed by atoms with van der Waals surface area (Å²) in [5.41, 5.74) is 0.721. The monoisotopic (exact) mass is 402 g/mol. The van der Waals surface area contributed by atoms with Crippen LogP contribution in [0.5, 0.6) is 0 Å². The minimum absolute atomic E-state index is 0. The van der Waals surface area contributed by atoms with Gasteiger partial charge in [-0.15, -0.1) is 12.4 Å². The van der Waals surface area contributed by atoms with Crippen molar-refractivity contribution in [1.82, 2.24) is 21.3 Å². The molecule has 1 heterocycles. The first-order chi connectivity index (χ1) is 12.5. The van der Waals surface area contributed by atoms with E-state index in [1.165, 1.54) is 12.1 Å². The van der Waals surface area contributed by atoms with Gasteiger partial charge >= 0.3 is 6.03 Å². The number of amides is 3. The number of carbonyl (C=O) groups is 2. The van der Waals surface area contributed by atoms with Crippen LogP contribution in [-0.2, 0) is 16.1 Å². The van der Waals surface area contributed by atoms with Crippen molar-refractivity contribution in [2.24, 2.45) is 5.41 Å². The molecule has 3 amide bonds. The maximum absolute atomic E-state index is 12.8. The average Bonchev–Trinajstić information content (AvgIpc) is 2.65. The molecule has 0 bridgehead atoms. The highest BCUT2D eigenvalue weighted by atomic mass is 35.5. The number of hydrogen-bond acceptors (Lipinski definition) is 4. The smallest absolute Gasteiger partial charge is 0.315 e. The molecule has 4 N–H and O–H groups in total. The van der Waals surface area contributed by atoms with Gasteiger partial charge in [0.15, 0.2) is 0 Å². The van der Waals surface area contributed by atoms with Crippen LogP contribution in [0.25, 0.3) is 0 Å². The number of urea groups is 1. The second kappa shape index (κ2) is 11.7. The summed E-state index contributed by atoms with van der Waals surface area (Å²) < 4.78 is 18.1. The predicted octanol–water partition coefficient (Wildman–Crippen LogP) is 1.18. The summed E-state index contributed by atoms with van der Waals surface area (Å²) in [6.07, 6.45) is 1.87. The van der Waals surface area contributed by atoms with Gasteiger partial charge in [-0.2, -0.15) is 0 Å². The molecular formula is C18H28ClFN4O3. The topological polar surface area (TPSA) is 91.5 Å². The van der Waals surface area contributed by atoms with E-state index in [1.807, 2.05) is 0 Å². The zero-order valence-electron chi connectivity index (χ0n) is 15.5. The number of methoxy groups -OCH3 is 1. The number of hydrogen-bond donors (Lipinski definition) is 4. The standard InChI is InChI=1S/C18H27FN4O3.ClH/c1-26-13-18(6-8-20-9-7-18)12-23-16(24)11-22-17(25)21-10-14-2-4-15(19)5-3-14;/h2-5,20H,6-13H2,1H3,(H,23,24)(H2,21,22,25);1H. The molecule has 9 heteroatoms. The van der Waals surface area contributed by atoms with Crippen LogP contribution in [-0.4, -0.2) is 51.8 Å². The summed E-state index contributed by atoms with van der Waals surface area (Å²) in [7, 11) is 1.67. The number of rotatable bonds is 8. The zero-order chi connectivity index (χ0) is 18.8. The molecule has 2 rings (SSSR count). The number of benzene rings is 1. The summed E-state index contributed by atoms with van der Waals surface area (Å²) >= 11 is 0. The van der Waals surface area contributed by atoms with Crippen molar-refractivity contribution in [3.8, 4) is 0 Å². The number of carbonyl (C=O) groups excluding carboxylic acids is 2. The second-order valence-corrected chi connectivity index (χ2v) is 6.62. The maximum Gasteiger partial charge on any atom is 0.315 e. The van der Waals surface area contributed by atoms with Crippen LogP contribution in [0, 0.1) is 11.2 Å². The van der Waals surface area contributed by atoms with Crippen molar-refractivity contribution in [3.05, 3.63) is 35.6 Å². The first-order valence-electron chi connectivity index (χ1n) is 8.75. The Morgan fingerprint density at radius 1 is 1.15 bits per heavy atom. The van der Waals surface area contributed by atoms with Crippen LogP contribution in [0.1, 0.15) is 18.4 Å². The summed E-state index contributed by atoms with van der Waals surface area (Å²) in [5.74, 6) is -0.564. The van der Waals surface area contributed by atoms with Gasteiger partial charge < -0.3 is 26.0 Å². The Morgan fingerprint density at radius 3 is 2.44 bits per heavy atom. The van der Waals surface area contributed by atoms with E-state index in [1.54, 1.807) is 19.2 Å². The molecule has 0 aromatic heterocycles. The molecule has 1 aromatic carbocycles. The Kier molecular flexibility index (Phi) is 10.1. The SMILES string of the molecule is COCC1(CNC(=O)CNC(=O)NCc2ccc(F)cc2)CCNCC1.Cl. The van der Waals surface area contributed by atoms with E-state index < -0.39 is 6.03 Å². The van der Waals surface area contributed by atoms with Crippen molar-refractivity contribution in [1.29, 1.82) is 0 Å². The third-order valence-electron chi connectivity index (χ3n) is 4.55. The fourth-order valence-electron chi connectivity index (χ4n) is 2.99. The van der Waals surface area contributed by atoms with Crippen LogP contribution in [0.4, 0.5) is 9.18 Å². The fraction of sp³-hybridized carbons (Fsp3) is 0.556.